The molecule has 2 N–H and O–H groups in total. The largest absolute Gasteiger partial charge is 0.354 e. The number of rotatable bonds is 6. The van der Waals surface area contributed by atoms with Crippen molar-refractivity contribution in [1.29, 1.82) is 0 Å². The summed E-state index contributed by atoms with van der Waals surface area (Å²) in [4.78, 5) is 27.2. The minimum atomic E-state index is -0.398. The fraction of sp³-hybridized carbons (Fsp3) is 0.600. The number of halogens is 1. The maximum atomic E-state index is 12.2. The highest BCUT2D eigenvalue weighted by atomic mass is 35.5. The molecule has 1 unspecified atom stereocenters. The number of hydrogen-bond donors (Lipinski definition) is 2. The van der Waals surface area contributed by atoms with Gasteiger partial charge < -0.3 is 10.6 Å². The van der Waals surface area contributed by atoms with E-state index in [2.05, 4.69) is 10.6 Å². The maximum absolute atomic E-state index is 12.2. The summed E-state index contributed by atoms with van der Waals surface area (Å²) in [5.41, 5.74) is 0. The summed E-state index contributed by atoms with van der Waals surface area (Å²) in [5.74, 6) is -0.175. The summed E-state index contributed by atoms with van der Waals surface area (Å²) in [6, 6.07) is 3.45. The molecule has 1 saturated heterocycles. The topological polar surface area (TPSA) is 61.4 Å². The monoisotopic (exact) mass is 343 g/mol. The van der Waals surface area contributed by atoms with Gasteiger partial charge in [0.05, 0.1) is 10.9 Å². The van der Waals surface area contributed by atoms with Gasteiger partial charge in [-0.3, -0.25) is 14.5 Å². The number of nitrogens with zero attached hydrogens (tertiary/aromatic N) is 1. The molecule has 2 rings (SSSR count). The Labute approximate surface area is 140 Å². The van der Waals surface area contributed by atoms with Crippen LogP contribution in [0, 0.1) is 0 Å². The highest BCUT2D eigenvalue weighted by molar-refractivity contribution is 7.16. The van der Waals surface area contributed by atoms with E-state index in [-0.39, 0.29) is 18.4 Å². The van der Waals surface area contributed by atoms with Gasteiger partial charge in [-0.25, -0.2) is 0 Å². The first-order valence-electron chi connectivity index (χ1n) is 7.62. The smallest absolute Gasteiger partial charge is 0.242 e. The van der Waals surface area contributed by atoms with Crippen molar-refractivity contribution in [2.24, 2.45) is 0 Å². The number of hydrogen-bond acceptors (Lipinski definition) is 4. The molecular weight excluding hydrogens is 322 g/mol. The molecule has 0 bridgehead atoms. The number of carbonyl (C=O) groups excluding carboxylic acids is 2. The predicted octanol–water partition coefficient (Wildman–Crippen LogP) is 2.01. The first kappa shape index (κ1) is 17.2. The molecule has 7 heteroatoms. The molecule has 5 nitrogen and oxygen atoms in total. The second-order valence-corrected chi connectivity index (χ2v) is 7.22. The number of carbonyl (C=O) groups is 2. The Morgan fingerprint density at radius 3 is 3.00 bits per heavy atom. The van der Waals surface area contributed by atoms with Crippen molar-refractivity contribution in [2.75, 3.05) is 19.6 Å². The highest BCUT2D eigenvalue weighted by Crippen LogP contribution is 2.22. The van der Waals surface area contributed by atoms with Crippen molar-refractivity contribution >= 4 is 34.8 Å². The molecule has 1 aliphatic rings. The second kappa shape index (κ2) is 8.50. The molecule has 0 spiro atoms. The third kappa shape index (κ3) is 5.26. The first-order valence-corrected chi connectivity index (χ1v) is 8.81. The van der Waals surface area contributed by atoms with Crippen LogP contribution in [0.4, 0.5) is 0 Å². The van der Waals surface area contributed by atoms with Gasteiger partial charge in [-0.15, -0.1) is 11.3 Å². The molecule has 0 aromatic carbocycles. The van der Waals surface area contributed by atoms with Crippen LogP contribution in [0.2, 0.25) is 4.34 Å². The van der Waals surface area contributed by atoms with E-state index < -0.39 is 6.04 Å². The fourth-order valence-corrected chi connectivity index (χ4v) is 3.59. The summed E-state index contributed by atoms with van der Waals surface area (Å²) in [7, 11) is 0. The zero-order chi connectivity index (χ0) is 15.9. The van der Waals surface area contributed by atoms with E-state index in [1.54, 1.807) is 0 Å². The van der Waals surface area contributed by atoms with E-state index in [1.165, 1.54) is 11.3 Å². The first-order chi connectivity index (χ1) is 10.6. The van der Waals surface area contributed by atoms with Crippen LogP contribution in [-0.2, 0) is 16.1 Å². The van der Waals surface area contributed by atoms with Gasteiger partial charge in [0.15, 0.2) is 0 Å². The zero-order valence-electron chi connectivity index (χ0n) is 12.7. The van der Waals surface area contributed by atoms with Crippen molar-refractivity contribution in [1.82, 2.24) is 15.5 Å². The molecule has 1 aromatic heterocycles. The quantitative estimate of drug-likeness (QED) is 0.830. The number of nitrogens with one attached hydrogen (secondary N) is 2. The summed E-state index contributed by atoms with van der Waals surface area (Å²) >= 11 is 7.45. The van der Waals surface area contributed by atoms with Gasteiger partial charge >= 0.3 is 0 Å². The van der Waals surface area contributed by atoms with Gasteiger partial charge in [0.25, 0.3) is 0 Å². The molecule has 0 aliphatic carbocycles. The van der Waals surface area contributed by atoms with Gasteiger partial charge in [0.1, 0.15) is 6.04 Å². The third-order valence-electron chi connectivity index (χ3n) is 3.69. The molecule has 0 radical (unpaired) electrons. The predicted molar refractivity (Wildman–Crippen MR) is 89.1 cm³/mol. The van der Waals surface area contributed by atoms with E-state index in [4.69, 9.17) is 11.6 Å². The molecule has 0 saturated carbocycles. The average molecular weight is 344 g/mol. The molecule has 22 heavy (non-hydrogen) atoms. The Bertz CT molecular complexity index is 521. The van der Waals surface area contributed by atoms with Crippen molar-refractivity contribution in [3.63, 3.8) is 0 Å². The lowest BCUT2D eigenvalue weighted by Crippen LogP contribution is -2.48. The summed E-state index contributed by atoms with van der Waals surface area (Å²) in [6.45, 7) is 4.46. The normalized spacial score (nSPS) is 18.9. The van der Waals surface area contributed by atoms with E-state index in [1.807, 2.05) is 24.0 Å². The van der Waals surface area contributed by atoms with Crippen molar-refractivity contribution < 1.29 is 9.59 Å². The lowest BCUT2D eigenvalue weighted by Gasteiger charge is -2.21. The van der Waals surface area contributed by atoms with E-state index >= 15 is 0 Å². The molecule has 1 aromatic rings. The second-order valence-electron chi connectivity index (χ2n) is 5.42. The molecule has 2 heterocycles. The lowest BCUT2D eigenvalue weighted by atomic mass is 10.1. The molecule has 1 fully saturated rings. The third-order valence-corrected chi connectivity index (χ3v) is 4.91. The molecular formula is C15H22ClN3O2S. The van der Waals surface area contributed by atoms with Crippen LogP contribution < -0.4 is 10.6 Å². The van der Waals surface area contributed by atoms with E-state index in [9.17, 15) is 9.59 Å². The van der Waals surface area contributed by atoms with E-state index in [0.717, 1.165) is 28.6 Å². The van der Waals surface area contributed by atoms with Crippen LogP contribution in [0.5, 0.6) is 0 Å². The Morgan fingerprint density at radius 2 is 2.32 bits per heavy atom. The Hall–Kier alpha value is -1.11. The lowest BCUT2D eigenvalue weighted by molar-refractivity contribution is -0.129. The van der Waals surface area contributed by atoms with Crippen LogP contribution in [-0.4, -0.2) is 42.4 Å². The number of amides is 2. The fourth-order valence-electron chi connectivity index (χ4n) is 2.46. The zero-order valence-corrected chi connectivity index (χ0v) is 14.3. The standard InChI is InChI=1S/C15H22ClN3O2S/c1-2-19(9-11-6-7-13(16)22-11)10-14(20)18-12-5-3-4-8-17-15(12)21/h6-7,12H,2-5,8-10H2,1H3,(H,17,21)(H,18,20). The van der Waals surface area contributed by atoms with Gasteiger partial charge in [-0.1, -0.05) is 18.5 Å². The number of thiophene rings is 1. The number of likely N-dealkylation sites (N-methyl/N-ethyl adjacent to an activating group) is 1. The van der Waals surface area contributed by atoms with Crippen LogP contribution in [0.3, 0.4) is 0 Å². The Kier molecular flexibility index (Phi) is 6.67. The molecule has 2 amide bonds. The SMILES string of the molecule is CCN(CC(=O)NC1CCCCNC1=O)Cc1ccc(Cl)s1. The van der Waals surface area contributed by atoms with Crippen LogP contribution in [0.15, 0.2) is 12.1 Å². The summed E-state index contributed by atoms with van der Waals surface area (Å²) in [5, 5.41) is 5.68. The van der Waals surface area contributed by atoms with Gasteiger partial charge in [-0.05, 0) is 37.9 Å². The van der Waals surface area contributed by atoms with E-state index in [0.29, 0.717) is 19.5 Å². The van der Waals surface area contributed by atoms with Crippen molar-refractivity contribution in [2.45, 2.75) is 38.8 Å². The van der Waals surface area contributed by atoms with Crippen LogP contribution >= 0.6 is 22.9 Å². The Balaban J connectivity index is 1.84. The minimum absolute atomic E-state index is 0.0704. The summed E-state index contributed by atoms with van der Waals surface area (Å²) < 4.78 is 0.755. The van der Waals surface area contributed by atoms with Crippen LogP contribution in [0.25, 0.3) is 0 Å². The molecule has 1 atom stereocenters. The van der Waals surface area contributed by atoms with Crippen LogP contribution in [0.1, 0.15) is 31.1 Å². The highest BCUT2D eigenvalue weighted by Gasteiger charge is 2.23. The van der Waals surface area contributed by atoms with Gasteiger partial charge in [0.2, 0.25) is 11.8 Å². The van der Waals surface area contributed by atoms with Crippen molar-refractivity contribution in [3.05, 3.63) is 21.3 Å². The van der Waals surface area contributed by atoms with Gasteiger partial charge in [-0.2, -0.15) is 0 Å². The summed E-state index contributed by atoms with van der Waals surface area (Å²) in [6.07, 6.45) is 2.64. The minimum Gasteiger partial charge on any atom is -0.354 e. The molecule has 1 aliphatic heterocycles. The van der Waals surface area contributed by atoms with Crippen molar-refractivity contribution in [3.8, 4) is 0 Å². The van der Waals surface area contributed by atoms with Gasteiger partial charge in [0, 0.05) is 18.0 Å². The maximum Gasteiger partial charge on any atom is 0.242 e. The molecule has 122 valence electrons. The Morgan fingerprint density at radius 1 is 1.50 bits per heavy atom. The average Bonchev–Trinajstić information content (AvgIpc) is 2.79.